The number of esters is 1. The maximum absolute atomic E-state index is 12.4. The molecule has 0 bridgehead atoms. The summed E-state index contributed by atoms with van der Waals surface area (Å²) in [6.07, 6.45) is 7.61. The number of ether oxygens (including phenoxy) is 1. The van der Waals surface area contributed by atoms with Crippen molar-refractivity contribution in [2.24, 2.45) is 5.92 Å². The summed E-state index contributed by atoms with van der Waals surface area (Å²) in [6, 6.07) is 0. The number of carbonyl (C=O) groups is 2. The number of amides is 1. The third kappa shape index (κ3) is 3.10. The maximum Gasteiger partial charge on any atom is 0.307 e. The minimum Gasteiger partial charge on any atom is -0.458 e. The SMILES string of the molecule is O=C1C[C@H](C(=O)NCCc2nccs2)C2(CCCCC2)O1. The van der Waals surface area contributed by atoms with Crippen LogP contribution in [-0.4, -0.2) is 29.0 Å². The van der Waals surface area contributed by atoms with E-state index in [-0.39, 0.29) is 24.2 Å². The monoisotopic (exact) mass is 308 g/mol. The Bertz CT molecular complexity index is 509. The van der Waals surface area contributed by atoms with Crippen LogP contribution >= 0.6 is 11.3 Å². The van der Waals surface area contributed by atoms with Gasteiger partial charge in [-0.3, -0.25) is 9.59 Å². The van der Waals surface area contributed by atoms with Gasteiger partial charge in [0.05, 0.1) is 17.3 Å². The Morgan fingerprint density at radius 3 is 2.95 bits per heavy atom. The first-order valence-electron chi connectivity index (χ1n) is 7.57. The van der Waals surface area contributed by atoms with E-state index in [1.807, 2.05) is 5.38 Å². The average molecular weight is 308 g/mol. The van der Waals surface area contributed by atoms with Gasteiger partial charge >= 0.3 is 5.97 Å². The van der Waals surface area contributed by atoms with Crippen molar-refractivity contribution < 1.29 is 14.3 Å². The zero-order chi connectivity index (χ0) is 14.7. The maximum atomic E-state index is 12.4. The van der Waals surface area contributed by atoms with Crippen LogP contribution in [-0.2, 0) is 20.7 Å². The van der Waals surface area contributed by atoms with Crippen LogP contribution in [0, 0.1) is 5.92 Å². The van der Waals surface area contributed by atoms with Gasteiger partial charge in [-0.05, 0) is 25.7 Å². The average Bonchev–Trinajstić information content (AvgIpc) is 3.08. The Kier molecular flexibility index (Phi) is 4.24. The first kappa shape index (κ1) is 14.5. The molecule has 6 heteroatoms. The van der Waals surface area contributed by atoms with Gasteiger partial charge < -0.3 is 10.1 Å². The van der Waals surface area contributed by atoms with E-state index >= 15 is 0 Å². The fraction of sp³-hybridized carbons (Fsp3) is 0.667. The van der Waals surface area contributed by atoms with E-state index < -0.39 is 5.60 Å². The molecule has 2 heterocycles. The largest absolute Gasteiger partial charge is 0.458 e. The van der Waals surface area contributed by atoms with Gasteiger partial charge in [-0.1, -0.05) is 6.42 Å². The molecule has 0 radical (unpaired) electrons. The van der Waals surface area contributed by atoms with Crippen LogP contribution in [0.4, 0.5) is 0 Å². The molecular formula is C15H20N2O3S. The molecule has 1 atom stereocenters. The Morgan fingerprint density at radius 1 is 1.43 bits per heavy atom. The van der Waals surface area contributed by atoms with Gasteiger partial charge in [-0.2, -0.15) is 0 Å². The van der Waals surface area contributed by atoms with Crippen molar-refractivity contribution >= 4 is 23.2 Å². The molecule has 1 aliphatic carbocycles. The predicted octanol–water partition coefficient (Wildman–Crippen LogP) is 2.07. The summed E-state index contributed by atoms with van der Waals surface area (Å²) in [5.41, 5.74) is -0.527. The Labute approximate surface area is 128 Å². The van der Waals surface area contributed by atoms with Gasteiger partial charge in [-0.15, -0.1) is 11.3 Å². The van der Waals surface area contributed by atoms with Crippen LogP contribution < -0.4 is 5.32 Å². The molecule has 1 aliphatic heterocycles. The number of aromatic nitrogens is 1. The van der Waals surface area contributed by atoms with Gasteiger partial charge in [0.2, 0.25) is 5.91 Å². The van der Waals surface area contributed by atoms with E-state index in [0.717, 1.165) is 43.5 Å². The lowest BCUT2D eigenvalue weighted by molar-refractivity contribution is -0.153. The molecule has 1 saturated heterocycles. The molecule has 0 aromatic carbocycles. The minimum absolute atomic E-state index is 0.0423. The van der Waals surface area contributed by atoms with Crippen LogP contribution in [0.5, 0.6) is 0 Å². The summed E-state index contributed by atoms with van der Waals surface area (Å²) >= 11 is 1.59. The van der Waals surface area contributed by atoms with Crippen LogP contribution in [0.15, 0.2) is 11.6 Å². The molecule has 1 N–H and O–H groups in total. The van der Waals surface area contributed by atoms with E-state index in [1.54, 1.807) is 17.5 Å². The molecule has 3 rings (SSSR count). The lowest BCUT2D eigenvalue weighted by Crippen LogP contribution is -2.46. The highest BCUT2D eigenvalue weighted by Gasteiger charge is 2.52. The topological polar surface area (TPSA) is 68.3 Å². The number of rotatable bonds is 4. The number of hydrogen-bond donors (Lipinski definition) is 1. The van der Waals surface area contributed by atoms with E-state index in [2.05, 4.69) is 10.3 Å². The lowest BCUT2D eigenvalue weighted by atomic mass is 9.75. The summed E-state index contributed by atoms with van der Waals surface area (Å²) in [5, 5.41) is 5.89. The quantitative estimate of drug-likeness (QED) is 0.865. The second kappa shape index (κ2) is 6.13. The van der Waals surface area contributed by atoms with E-state index in [0.29, 0.717) is 6.54 Å². The zero-order valence-electron chi connectivity index (χ0n) is 12.0. The molecule has 1 amide bonds. The summed E-state index contributed by atoms with van der Waals surface area (Å²) < 4.78 is 5.57. The summed E-state index contributed by atoms with van der Waals surface area (Å²) in [5.74, 6) is -0.585. The highest BCUT2D eigenvalue weighted by molar-refractivity contribution is 7.09. The van der Waals surface area contributed by atoms with Crippen molar-refractivity contribution in [3.05, 3.63) is 16.6 Å². The Hall–Kier alpha value is -1.43. The standard InChI is InChI=1S/C15H20N2O3S/c18-13-10-11(15(20-13)5-2-1-3-6-15)14(19)17-7-4-12-16-8-9-21-12/h8-9,11H,1-7,10H2,(H,17,19)/t11-/m1/s1. The molecule has 0 unspecified atom stereocenters. The molecule has 5 nitrogen and oxygen atoms in total. The first-order valence-corrected chi connectivity index (χ1v) is 8.45. The van der Waals surface area contributed by atoms with Crippen molar-refractivity contribution in [3.8, 4) is 0 Å². The summed E-state index contributed by atoms with van der Waals surface area (Å²) in [6.45, 7) is 0.563. The zero-order valence-corrected chi connectivity index (χ0v) is 12.8. The highest BCUT2D eigenvalue weighted by Crippen LogP contribution is 2.44. The van der Waals surface area contributed by atoms with Crippen LogP contribution in [0.25, 0.3) is 0 Å². The molecule has 1 spiro atoms. The number of carbonyl (C=O) groups excluding carboxylic acids is 2. The second-order valence-corrected chi connectivity index (χ2v) is 6.80. The predicted molar refractivity (Wildman–Crippen MR) is 78.8 cm³/mol. The number of nitrogens with zero attached hydrogens (tertiary/aromatic N) is 1. The fourth-order valence-electron chi connectivity index (χ4n) is 3.42. The molecule has 2 fully saturated rings. The van der Waals surface area contributed by atoms with E-state index in [4.69, 9.17) is 4.74 Å². The van der Waals surface area contributed by atoms with Crippen molar-refractivity contribution in [1.82, 2.24) is 10.3 Å². The molecule has 114 valence electrons. The van der Waals surface area contributed by atoms with Crippen LogP contribution in [0.3, 0.4) is 0 Å². The number of nitrogens with one attached hydrogen (secondary N) is 1. The lowest BCUT2D eigenvalue weighted by Gasteiger charge is -2.36. The number of hydrogen-bond acceptors (Lipinski definition) is 5. The molecular weight excluding hydrogens is 288 g/mol. The Balaban J connectivity index is 1.58. The van der Waals surface area contributed by atoms with Gasteiger partial charge in [0, 0.05) is 24.5 Å². The Morgan fingerprint density at radius 2 is 2.24 bits per heavy atom. The fourth-order valence-corrected chi connectivity index (χ4v) is 4.04. The van der Waals surface area contributed by atoms with Crippen molar-refractivity contribution in [2.45, 2.75) is 50.5 Å². The second-order valence-electron chi connectivity index (χ2n) is 5.82. The van der Waals surface area contributed by atoms with E-state index in [9.17, 15) is 9.59 Å². The molecule has 1 aromatic rings. The molecule has 2 aliphatic rings. The van der Waals surface area contributed by atoms with Crippen LogP contribution in [0.2, 0.25) is 0 Å². The number of thiazole rings is 1. The highest BCUT2D eigenvalue weighted by atomic mass is 32.1. The summed E-state index contributed by atoms with van der Waals surface area (Å²) in [7, 11) is 0. The van der Waals surface area contributed by atoms with Crippen molar-refractivity contribution in [2.75, 3.05) is 6.54 Å². The van der Waals surface area contributed by atoms with Gasteiger partial charge in [0.1, 0.15) is 5.60 Å². The third-order valence-electron chi connectivity index (χ3n) is 4.46. The molecule has 21 heavy (non-hydrogen) atoms. The van der Waals surface area contributed by atoms with Gasteiger partial charge in [0.25, 0.3) is 0 Å². The molecule has 1 aromatic heterocycles. The first-order chi connectivity index (χ1) is 10.2. The smallest absolute Gasteiger partial charge is 0.307 e. The van der Waals surface area contributed by atoms with E-state index in [1.165, 1.54) is 0 Å². The third-order valence-corrected chi connectivity index (χ3v) is 5.30. The normalized spacial score (nSPS) is 24.0. The van der Waals surface area contributed by atoms with Crippen LogP contribution in [0.1, 0.15) is 43.5 Å². The molecule has 1 saturated carbocycles. The van der Waals surface area contributed by atoms with Crippen molar-refractivity contribution in [3.63, 3.8) is 0 Å². The van der Waals surface area contributed by atoms with Gasteiger partial charge in [0.15, 0.2) is 0 Å². The van der Waals surface area contributed by atoms with Gasteiger partial charge in [-0.25, -0.2) is 4.98 Å². The minimum atomic E-state index is -0.527. The van der Waals surface area contributed by atoms with Crippen molar-refractivity contribution in [1.29, 1.82) is 0 Å². The summed E-state index contributed by atoms with van der Waals surface area (Å²) in [4.78, 5) is 28.3.